The minimum Gasteiger partial charge on any atom is -0.489 e. The summed E-state index contributed by atoms with van der Waals surface area (Å²) in [7, 11) is -8.38. The van der Waals surface area contributed by atoms with Crippen molar-refractivity contribution in [3.8, 4) is 5.75 Å². The molecule has 0 radical (unpaired) electrons. The van der Waals surface area contributed by atoms with Crippen LogP contribution in [0.5, 0.6) is 5.75 Å². The summed E-state index contributed by atoms with van der Waals surface area (Å²) < 4.78 is 62.9. The van der Waals surface area contributed by atoms with E-state index in [4.69, 9.17) is 4.74 Å². The first-order valence-corrected chi connectivity index (χ1v) is 13.0. The van der Waals surface area contributed by atoms with E-state index in [0.717, 1.165) is 12.3 Å². The highest BCUT2D eigenvalue weighted by atomic mass is 32.2. The van der Waals surface area contributed by atoms with Crippen molar-refractivity contribution in [3.63, 3.8) is 0 Å². The van der Waals surface area contributed by atoms with Crippen LogP contribution in [0.15, 0.2) is 38.4 Å². The molecule has 0 spiro atoms. The summed E-state index contributed by atoms with van der Waals surface area (Å²) in [4.78, 5) is 37.5. The summed E-state index contributed by atoms with van der Waals surface area (Å²) in [5.41, 5.74) is -1.51. The fraction of sp³-hybridized carbons (Fsp3) is 0.350. The number of rotatable bonds is 7. The molecule has 0 saturated heterocycles. The Labute approximate surface area is 190 Å². The Bertz CT molecular complexity index is 1460. The van der Waals surface area contributed by atoms with Crippen molar-refractivity contribution in [2.24, 2.45) is 0 Å². The number of carbonyl (C=O) groups excluding carboxylic acids is 1. The van der Waals surface area contributed by atoms with Crippen molar-refractivity contribution in [2.45, 2.75) is 31.1 Å². The van der Waals surface area contributed by atoms with Crippen LogP contribution in [0.25, 0.3) is 6.08 Å². The first kappa shape index (κ1) is 24.6. The van der Waals surface area contributed by atoms with Gasteiger partial charge < -0.3 is 9.64 Å². The average molecular weight is 499 g/mol. The predicted molar refractivity (Wildman–Crippen MR) is 120 cm³/mol. The molecule has 2 aromatic carbocycles. The van der Waals surface area contributed by atoms with Crippen LogP contribution in [0.4, 0.5) is 5.69 Å². The predicted octanol–water partition coefficient (Wildman–Crippen LogP) is 0.143. The van der Waals surface area contributed by atoms with Crippen LogP contribution in [0.2, 0.25) is 0 Å². The van der Waals surface area contributed by atoms with Gasteiger partial charge in [-0.1, -0.05) is 13.8 Å². The maximum Gasteiger partial charge on any atom is 0.294 e. The Morgan fingerprint density at radius 1 is 1.18 bits per heavy atom. The molecule has 2 aromatic rings. The summed E-state index contributed by atoms with van der Waals surface area (Å²) in [6.45, 7) is 4.67. The van der Waals surface area contributed by atoms with E-state index in [0.29, 0.717) is 16.9 Å². The lowest BCUT2D eigenvalue weighted by Crippen LogP contribution is -2.40. The molecule has 0 unspecified atom stereocenters. The monoisotopic (exact) mass is 498 g/mol. The number of nitrogens with zero attached hydrogens (tertiary/aromatic N) is 1. The van der Waals surface area contributed by atoms with Crippen molar-refractivity contribution < 1.29 is 30.9 Å². The number of fused-ring (bicyclic) bond motifs is 1. The fourth-order valence-corrected chi connectivity index (χ4v) is 4.76. The SMILES string of the molecule is CCOc1c(/C=C2\N(CC(=O)NS(C)(=O)=O)c3ccc(S(=O)(=O)O)cc3C2(C)C)c(=O)c1=O. The van der Waals surface area contributed by atoms with Gasteiger partial charge in [-0.2, -0.15) is 8.42 Å². The molecule has 3 rings (SSSR count). The number of hydrogen-bond acceptors (Lipinski definition) is 9. The second-order valence-corrected chi connectivity index (χ2v) is 11.2. The third kappa shape index (κ3) is 4.56. The molecule has 1 amide bonds. The quantitative estimate of drug-likeness (QED) is 0.396. The summed E-state index contributed by atoms with van der Waals surface area (Å²) in [5, 5.41) is 0. The van der Waals surface area contributed by atoms with Gasteiger partial charge in [0.2, 0.25) is 15.5 Å². The second kappa shape index (κ2) is 8.08. The van der Waals surface area contributed by atoms with Crippen molar-refractivity contribution in [1.29, 1.82) is 0 Å². The lowest BCUT2D eigenvalue weighted by atomic mass is 9.83. The van der Waals surface area contributed by atoms with Crippen molar-refractivity contribution in [2.75, 3.05) is 24.3 Å². The molecule has 1 heterocycles. The number of carbonyl (C=O) groups is 1. The molecule has 0 aliphatic carbocycles. The minimum absolute atomic E-state index is 0.0127. The number of benzene rings is 1. The molecule has 11 nitrogen and oxygen atoms in total. The molecule has 0 bridgehead atoms. The summed E-state index contributed by atoms with van der Waals surface area (Å²) >= 11 is 0. The summed E-state index contributed by atoms with van der Waals surface area (Å²) in [5.74, 6) is -0.998. The molecule has 1 aliphatic rings. The van der Waals surface area contributed by atoms with Crippen LogP contribution in [0.1, 0.15) is 31.9 Å². The van der Waals surface area contributed by atoms with Gasteiger partial charge in [-0.3, -0.25) is 23.7 Å². The standard InChI is InChI=1S/C20H22N2O9S2/c1-5-31-19-12(17(24)18(19)25)9-15-20(2,3)13-8-11(33(28,29)30)6-7-14(13)22(15)10-16(23)21-32(4,26)27/h6-9H,5,10H2,1-4H3,(H,21,23)(H,28,29,30)/b15-9-. The van der Waals surface area contributed by atoms with Gasteiger partial charge in [0.1, 0.15) is 6.54 Å². The first-order chi connectivity index (χ1) is 15.1. The number of hydrogen-bond donors (Lipinski definition) is 2. The Hall–Kier alpha value is -3.03. The van der Waals surface area contributed by atoms with Gasteiger partial charge in [0, 0.05) is 16.8 Å². The summed E-state index contributed by atoms with van der Waals surface area (Å²) in [6, 6.07) is 3.73. The van der Waals surface area contributed by atoms with Crippen molar-refractivity contribution >= 4 is 37.8 Å². The zero-order valence-corrected chi connectivity index (χ0v) is 19.8. The van der Waals surface area contributed by atoms with Crippen LogP contribution in [-0.4, -0.2) is 46.7 Å². The van der Waals surface area contributed by atoms with E-state index in [2.05, 4.69) is 0 Å². The molecule has 13 heteroatoms. The number of sulfonamides is 1. The Morgan fingerprint density at radius 3 is 2.36 bits per heavy atom. The number of allylic oxidation sites excluding steroid dienone is 1. The van der Waals surface area contributed by atoms with Gasteiger partial charge in [0.15, 0.2) is 5.75 Å². The van der Waals surface area contributed by atoms with E-state index in [1.54, 1.807) is 20.8 Å². The van der Waals surface area contributed by atoms with Gasteiger partial charge in [-0.25, -0.2) is 8.42 Å². The molecule has 1 aliphatic heterocycles. The molecule has 0 saturated carbocycles. The highest BCUT2D eigenvalue weighted by Gasteiger charge is 2.42. The molecular weight excluding hydrogens is 476 g/mol. The van der Waals surface area contributed by atoms with E-state index in [1.807, 2.05) is 4.72 Å². The topological polar surface area (TPSA) is 164 Å². The largest absolute Gasteiger partial charge is 0.489 e. The third-order valence-corrected chi connectivity index (χ3v) is 6.68. The van der Waals surface area contributed by atoms with Gasteiger partial charge in [-0.05, 0) is 36.8 Å². The highest BCUT2D eigenvalue weighted by molar-refractivity contribution is 7.89. The zero-order valence-electron chi connectivity index (χ0n) is 18.2. The van der Waals surface area contributed by atoms with Gasteiger partial charge in [0.25, 0.3) is 21.5 Å². The van der Waals surface area contributed by atoms with E-state index >= 15 is 0 Å². The number of nitrogens with one attached hydrogen (secondary N) is 1. The third-order valence-electron chi connectivity index (χ3n) is 5.23. The van der Waals surface area contributed by atoms with E-state index in [-0.39, 0.29) is 22.8 Å². The lowest BCUT2D eigenvalue weighted by Gasteiger charge is -2.27. The van der Waals surface area contributed by atoms with Crippen molar-refractivity contribution in [3.05, 3.63) is 55.5 Å². The minimum atomic E-state index is -4.53. The van der Waals surface area contributed by atoms with Gasteiger partial charge in [0.05, 0.1) is 23.3 Å². The fourth-order valence-electron chi connectivity index (χ4n) is 3.77. The van der Waals surface area contributed by atoms with E-state index < -0.39 is 48.9 Å². The Morgan fingerprint density at radius 2 is 1.82 bits per heavy atom. The highest BCUT2D eigenvalue weighted by Crippen LogP contribution is 2.49. The second-order valence-electron chi connectivity index (χ2n) is 8.03. The smallest absolute Gasteiger partial charge is 0.294 e. The van der Waals surface area contributed by atoms with Crippen LogP contribution >= 0.6 is 0 Å². The van der Waals surface area contributed by atoms with Gasteiger partial charge in [-0.15, -0.1) is 0 Å². The van der Waals surface area contributed by atoms with E-state index in [9.17, 15) is 35.8 Å². The van der Waals surface area contributed by atoms with E-state index in [1.165, 1.54) is 23.1 Å². The van der Waals surface area contributed by atoms with Crippen molar-refractivity contribution in [1.82, 2.24) is 4.72 Å². The maximum atomic E-state index is 12.4. The molecule has 178 valence electrons. The molecule has 0 atom stereocenters. The number of anilines is 1. The lowest BCUT2D eigenvalue weighted by molar-refractivity contribution is -0.118. The number of amides is 1. The van der Waals surface area contributed by atoms with Crippen LogP contribution in [-0.2, 0) is 30.4 Å². The number of ether oxygens (including phenoxy) is 1. The van der Waals surface area contributed by atoms with Crippen LogP contribution in [0, 0.1) is 0 Å². The molecular formula is C20H22N2O9S2. The first-order valence-electron chi connectivity index (χ1n) is 9.66. The van der Waals surface area contributed by atoms with Gasteiger partial charge >= 0.3 is 0 Å². The summed E-state index contributed by atoms with van der Waals surface area (Å²) in [6.07, 6.45) is 2.19. The Kier molecular flexibility index (Phi) is 6.02. The molecule has 0 fully saturated rings. The van der Waals surface area contributed by atoms with Crippen LogP contribution < -0.4 is 25.2 Å². The van der Waals surface area contributed by atoms with Crippen LogP contribution in [0.3, 0.4) is 0 Å². The molecule has 33 heavy (non-hydrogen) atoms. The molecule has 0 aromatic heterocycles. The maximum absolute atomic E-state index is 12.4. The average Bonchev–Trinajstić information content (AvgIpc) is 2.88. The Balaban J connectivity index is 2.21. The normalized spacial score (nSPS) is 16.8. The zero-order chi connectivity index (χ0) is 24.9. The molecule has 2 N–H and O–H groups in total.